The number of piperidine rings is 1. The number of nitrogen functional groups attached to an aromatic ring is 1. The average molecular weight is 569 g/mol. The molecule has 11 heteroatoms. The van der Waals surface area contributed by atoms with Crippen molar-refractivity contribution in [2.75, 3.05) is 56.4 Å². The van der Waals surface area contributed by atoms with Crippen LogP contribution in [0.5, 0.6) is 11.6 Å². The predicted molar refractivity (Wildman–Crippen MR) is 151 cm³/mol. The molecule has 5 rings (SSSR count). The van der Waals surface area contributed by atoms with Crippen molar-refractivity contribution in [3.05, 3.63) is 70.9 Å². The second kappa shape index (κ2) is 11.9. The van der Waals surface area contributed by atoms with Crippen LogP contribution in [0.1, 0.15) is 52.9 Å². The minimum atomic E-state index is -4.55. The molecule has 41 heavy (non-hydrogen) atoms. The number of anilines is 2. The number of hydrogen-bond donors (Lipinski definition) is 1. The summed E-state index contributed by atoms with van der Waals surface area (Å²) in [6.45, 7) is 10.4. The molecular weight excluding hydrogens is 533 g/mol. The summed E-state index contributed by atoms with van der Waals surface area (Å²) in [6, 6.07) is 13.2. The number of aromatic nitrogens is 2. The predicted octanol–water partition coefficient (Wildman–Crippen LogP) is 5.34. The minimum absolute atomic E-state index is 0.00185. The third kappa shape index (κ3) is 6.56. The molecule has 3 heterocycles. The molecule has 218 valence electrons. The maximum Gasteiger partial charge on any atom is 0.435 e. The Bertz CT molecular complexity index is 1330. The number of benzene rings is 2. The lowest BCUT2D eigenvalue weighted by molar-refractivity contribution is -0.141. The summed E-state index contributed by atoms with van der Waals surface area (Å²) in [5.74, 6) is 0.733. The number of rotatable bonds is 6. The standard InChI is InChI=1S/C30H35F3N6O2/c1-3-37-14-16-38(17-15-37)28-20(2)18-23(19-25(28)34)29(40)39-12-10-22(11-13-39)21-4-6-24(7-5-21)41-27-9-8-26(35-36-27)30(31,32)33/h4-9,18-19,22H,3,10-17,34H2,1-2H3. The largest absolute Gasteiger partial charge is 0.438 e. The van der Waals surface area contributed by atoms with Crippen molar-refractivity contribution >= 4 is 17.3 Å². The van der Waals surface area contributed by atoms with Crippen molar-refractivity contribution < 1.29 is 22.7 Å². The van der Waals surface area contributed by atoms with Crippen LogP contribution in [0, 0.1) is 6.92 Å². The fraction of sp³-hybridized carbons (Fsp3) is 0.433. The molecule has 0 unspecified atom stereocenters. The highest BCUT2D eigenvalue weighted by Gasteiger charge is 2.33. The molecule has 1 aromatic heterocycles. The van der Waals surface area contributed by atoms with E-state index in [2.05, 4.69) is 26.9 Å². The van der Waals surface area contributed by atoms with Crippen molar-refractivity contribution in [2.24, 2.45) is 0 Å². The molecule has 2 aliphatic rings. The number of hydrogen-bond acceptors (Lipinski definition) is 7. The molecule has 2 fully saturated rings. The van der Waals surface area contributed by atoms with Gasteiger partial charge in [-0.3, -0.25) is 4.79 Å². The third-order valence-electron chi connectivity index (χ3n) is 8.00. The maximum atomic E-state index is 13.4. The summed E-state index contributed by atoms with van der Waals surface area (Å²) in [4.78, 5) is 20.0. The monoisotopic (exact) mass is 568 g/mol. The molecule has 3 aromatic rings. The Kier molecular flexibility index (Phi) is 8.35. The van der Waals surface area contributed by atoms with E-state index >= 15 is 0 Å². The molecule has 2 aromatic carbocycles. The Morgan fingerprint density at radius 3 is 2.22 bits per heavy atom. The van der Waals surface area contributed by atoms with E-state index in [0.717, 1.165) is 74.5 Å². The number of alkyl halides is 3. The van der Waals surface area contributed by atoms with E-state index in [-0.39, 0.29) is 17.7 Å². The van der Waals surface area contributed by atoms with E-state index in [9.17, 15) is 18.0 Å². The number of likely N-dealkylation sites (tertiary alicyclic amines) is 1. The molecule has 2 aliphatic heterocycles. The van der Waals surface area contributed by atoms with Gasteiger partial charge in [0.1, 0.15) is 5.75 Å². The molecule has 0 radical (unpaired) electrons. The number of carbonyl (C=O) groups excluding carboxylic acids is 1. The second-order valence-electron chi connectivity index (χ2n) is 10.6. The molecule has 0 atom stereocenters. The number of nitrogens with two attached hydrogens (primary N) is 1. The maximum absolute atomic E-state index is 13.4. The Morgan fingerprint density at radius 2 is 1.66 bits per heavy atom. The Morgan fingerprint density at radius 1 is 0.976 bits per heavy atom. The van der Waals surface area contributed by atoms with Gasteiger partial charge in [0.05, 0.1) is 11.4 Å². The van der Waals surface area contributed by atoms with E-state index in [4.69, 9.17) is 10.5 Å². The van der Waals surface area contributed by atoms with Crippen LogP contribution in [0.3, 0.4) is 0 Å². The Balaban J connectivity index is 1.16. The third-order valence-corrected chi connectivity index (χ3v) is 8.00. The van der Waals surface area contributed by atoms with Crippen molar-refractivity contribution in [3.8, 4) is 11.6 Å². The molecule has 2 saturated heterocycles. The van der Waals surface area contributed by atoms with Gasteiger partial charge in [0, 0.05) is 50.9 Å². The van der Waals surface area contributed by atoms with E-state index < -0.39 is 11.9 Å². The first kappa shape index (κ1) is 28.7. The lowest BCUT2D eigenvalue weighted by atomic mass is 9.89. The van der Waals surface area contributed by atoms with Crippen molar-refractivity contribution in [2.45, 2.75) is 38.8 Å². The highest BCUT2D eigenvalue weighted by Crippen LogP contribution is 2.34. The van der Waals surface area contributed by atoms with E-state index in [1.54, 1.807) is 12.1 Å². The van der Waals surface area contributed by atoms with E-state index in [0.29, 0.717) is 30.1 Å². The molecular formula is C30H35F3N6O2. The molecule has 1 amide bonds. The number of carbonyl (C=O) groups is 1. The van der Waals surface area contributed by atoms with Gasteiger partial charge in [-0.2, -0.15) is 13.2 Å². The molecule has 0 saturated carbocycles. The van der Waals surface area contributed by atoms with Crippen molar-refractivity contribution in [1.29, 1.82) is 0 Å². The van der Waals surface area contributed by atoms with Crippen molar-refractivity contribution in [3.63, 3.8) is 0 Å². The summed E-state index contributed by atoms with van der Waals surface area (Å²) in [7, 11) is 0. The quantitative estimate of drug-likeness (QED) is 0.402. The number of ether oxygens (including phenoxy) is 1. The van der Waals surface area contributed by atoms with Gasteiger partial charge in [0.25, 0.3) is 5.91 Å². The molecule has 0 bridgehead atoms. The van der Waals surface area contributed by atoms with E-state index in [1.165, 1.54) is 0 Å². The molecule has 8 nitrogen and oxygen atoms in total. The Labute approximate surface area is 237 Å². The lowest BCUT2D eigenvalue weighted by Crippen LogP contribution is -2.46. The number of piperazine rings is 1. The highest BCUT2D eigenvalue weighted by molar-refractivity contribution is 5.97. The lowest BCUT2D eigenvalue weighted by Gasteiger charge is -2.37. The average Bonchev–Trinajstić information content (AvgIpc) is 2.97. The summed E-state index contributed by atoms with van der Waals surface area (Å²) in [6.07, 6.45) is -2.90. The first-order valence-electron chi connectivity index (χ1n) is 14.0. The van der Waals surface area contributed by atoms with Gasteiger partial charge < -0.3 is 25.2 Å². The van der Waals surface area contributed by atoms with Crippen LogP contribution in [0.25, 0.3) is 0 Å². The number of amides is 1. The highest BCUT2D eigenvalue weighted by atomic mass is 19.4. The van der Waals surface area contributed by atoms with Crippen LogP contribution >= 0.6 is 0 Å². The van der Waals surface area contributed by atoms with Crippen LogP contribution in [0.4, 0.5) is 24.5 Å². The number of nitrogens with zero attached hydrogens (tertiary/aromatic N) is 5. The first-order valence-corrected chi connectivity index (χ1v) is 14.0. The van der Waals surface area contributed by atoms with Crippen LogP contribution in [-0.2, 0) is 6.18 Å². The Hall–Kier alpha value is -3.86. The van der Waals surface area contributed by atoms with Crippen LogP contribution < -0.4 is 15.4 Å². The second-order valence-corrected chi connectivity index (χ2v) is 10.6. The fourth-order valence-corrected chi connectivity index (χ4v) is 5.70. The fourth-order valence-electron chi connectivity index (χ4n) is 5.70. The zero-order chi connectivity index (χ0) is 29.1. The summed E-state index contributed by atoms with van der Waals surface area (Å²) in [5, 5.41) is 6.68. The van der Waals surface area contributed by atoms with E-state index in [1.807, 2.05) is 36.1 Å². The van der Waals surface area contributed by atoms with Gasteiger partial charge in [-0.15, -0.1) is 10.2 Å². The number of halogens is 3. The van der Waals surface area contributed by atoms with Crippen LogP contribution in [0.2, 0.25) is 0 Å². The van der Waals surface area contributed by atoms with Gasteiger partial charge in [0.2, 0.25) is 5.88 Å². The smallest absolute Gasteiger partial charge is 0.435 e. The minimum Gasteiger partial charge on any atom is -0.438 e. The van der Waals surface area contributed by atoms with Gasteiger partial charge in [-0.05, 0) is 73.7 Å². The zero-order valence-electron chi connectivity index (χ0n) is 23.3. The summed E-state index contributed by atoms with van der Waals surface area (Å²) < 4.78 is 43.6. The number of likely N-dealkylation sites (N-methyl/N-ethyl adjacent to an activating group) is 1. The summed E-state index contributed by atoms with van der Waals surface area (Å²) in [5.41, 5.74) is 9.87. The number of aryl methyl sites for hydroxylation is 1. The molecule has 2 N–H and O–H groups in total. The zero-order valence-corrected chi connectivity index (χ0v) is 23.3. The van der Waals surface area contributed by atoms with Gasteiger partial charge in [0.15, 0.2) is 5.69 Å². The topological polar surface area (TPSA) is 87.8 Å². The van der Waals surface area contributed by atoms with Gasteiger partial charge in [-0.25, -0.2) is 0 Å². The first-order chi connectivity index (χ1) is 19.6. The normalized spacial score (nSPS) is 17.1. The van der Waals surface area contributed by atoms with Gasteiger partial charge >= 0.3 is 6.18 Å². The van der Waals surface area contributed by atoms with Crippen LogP contribution in [-0.4, -0.2) is 71.7 Å². The molecule has 0 spiro atoms. The van der Waals surface area contributed by atoms with Crippen LogP contribution in [0.15, 0.2) is 48.5 Å². The summed E-state index contributed by atoms with van der Waals surface area (Å²) >= 11 is 0. The van der Waals surface area contributed by atoms with Crippen molar-refractivity contribution in [1.82, 2.24) is 20.0 Å². The van der Waals surface area contributed by atoms with Gasteiger partial charge in [-0.1, -0.05) is 19.1 Å². The SMILES string of the molecule is CCN1CCN(c2c(C)cc(C(=O)N3CCC(c4ccc(Oc5ccc(C(F)(F)F)nn5)cc4)CC3)cc2N)CC1. The molecule has 0 aliphatic carbocycles.